The van der Waals surface area contributed by atoms with E-state index in [1.807, 2.05) is 17.8 Å². The molecule has 1 fully saturated rings. The highest BCUT2D eigenvalue weighted by Gasteiger charge is 2.34. The van der Waals surface area contributed by atoms with Gasteiger partial charge in [-0.1, -0.05) is 85.1 Å². The Labute approximate surface area is 234 Å². The van der Waals surface area contributed by atoms with Crippen LogP contribution in [0.3, 0.4) is 0 Å². The fraction of sp³-hybridized carbons (Fsp3) is 0.344. The van der Waals surface area contributed by atoms with Gasteiger partial charge in [0.2, 0.25) is 0 Å². The molecule has 1 N–H and O–H groups in total. The molecule has 4 aromatic rings. The molecule has 1 atom stereocenters. The number of fused-ring (bicyclic) bond motifs is 3. The molecule has 2 heterocycles. The van der Waals surface area contributed by atoms with Gasteiger partial charge in [0, 0.05) is 33.9 Å². The minimum Gasteiger partial charge on any atom is -0.497 e. The summed E-state index contributed by atoms with van der Waals surface area (Å²) in [6.07, 6.45) is 7.22. The number of thioether (sulfide) groups is 1. The Hall–Kier alpha value is -2.89. The third-order valence-corrected chi connectivity index (χ3v) is 9.16. The molecule has 0 bridgehead atoms. The Kier molecular flexibility index (Phi) is 7.66. The molecular formula is C32H34ClN3OS. The lowest BCUT2D eigenvalue weighted by atomic mass is 9.92. The van der Waals surface area contributed by atoms with Crippen LogP contribution in [0.2, 0.25) is 5.02 Å². The van der Waals surface area contributed by atoms with Crippen LogP contribution < -0.4 is 4.74 Å². The molecule has 0 saturated heterocycles. The maximum absolute atomic E-state index is 6.43. The molecule has 2 aliphatic rings. The Balaban J connectivity index is 1.43. The van der Waals surface area contributed by atoms with Crippen molar-refractivity contribution in [1.29, 1.82) is 0 Å². The first kappa shape index (κ1) is 25.4. The van der Waals surface area contributed by atoms with Crippen molar-refractivity contribution >= 4 is 39.4 Å². The van der Waals surface area contributed by atoms with Crippen molar-refractivity contribution < 1.29 is 4.74 Å². The van der Waals surface area contributed by atoms with Crippen LogP contribution in [0.15, 0.2) is 77.8 Å². The van der Waals surface area contributed by atoms with E-state index in [1.54, 1.807) is 7.11 Å². The third-order valence-electron chi connectivity index (χ3n) is 7.84. The first-order chi connectivity index (χ1) is 18.7. The van der Waals surface area contributed by atoms with Crippen molar-refractivity contribution in [1.82, 2.24) is 9.88 Å². The SMILES string of the molecule is COc1ccc(C2c3[nH]c4ccc(Cl)cc4c3CCN2/C(=N\C2CCCCC2)SCc2ccccc2)cc1. The molecule has 0 spiro atoms. The molecule has 6 heteroatoms. The second kappa shape index (κ2) is 11.5. The molecule has 196 valence electrons. The molecular weight excluding hydrogens is 510 g/mol. The number of amidine groups is 1. The minimum atomic E-state index is 0.0430. The molecule has 4 nitrogen and oxygen atoms in total. The minimum absolute atomic E-state index is 0.0430. The second-order valence-electron chi connectivity index (χ2n) is 10.3. The van der Waals surface area contributed by atoms with Crippen molar-refractivity contribution in [2.75, 3.05) is 13.7 Å². The number of halogens is 1. The molecule has 6 rings (SSSR count). The van der Waals surface area contributed by atoms with E-state index < -0.39 is 0 Å². The average Bonchev–Trinajstić information content (AvgIpc) is 3.34. The zero-order valence-corrected chi connectivity index (χ0v) is 23.4. The zero-order valence-electron chi connectivity index (χ0n) is 21.8. The molecule has 3 aromatic carbocycles. The van der Waals surface area contributed by atoms with Crippen LogP contribution in [0.4, 0.5) is 0 Å². The monoisotopic (exact) mass is 543 g/mol. The summed E-state index contributed by atoms with van der Waals surface area (Å²) >= 11 is 8.31. The van der Waals surface area contributed by atoms with Crippen LogP contribution in [0.1, 0.15) is 60.5 Å². The number of benzene rings is 3. The molecule has 1 aromatic heterocycles. The largest absolute Gasteiger partial charge is 0.497 e. The van der Waals surface area contributed by atoms with E-state index in [4.69, 9.17) is 21.3 Å². The molecule has 1 saturated carbocycles. The van der Waals surface area contributed by atoms with Gasteiger partial charge in [-0.25, -0.2) is 0 Å². The first-order valence-electron chi connectivity index (χ1n) is 13.6. The summed E-state index contributed by atoms with van der Waals surface area (Å²) in [4.78, 5) is 11.8. The lowest BCUT2D eigenvalue weighted by molar-refractivity contribution is 0.335. The maximum Gasteiger partial charge on any atom is 0.160 e. The number of H-pyrrole nitrogens is 1. The number of hydrogen-bond donors (Lipinski definition) is 1. The zero-order chi connectivity index (χ0) is 25.9. The Morgan fingerprint density at radius 3 is 2.58 bits per heavy atom. The normalized spacial score (nSPS) is 18.5. The van der Waals surface area contributed by atoms with Gasteiger partial charge in [0.05, 0.1) is 19.2 Å². The lowest BCUT2D eigenvalue weighted by Gasteiger charge is -2.39. The molecule has 1 aliphatic carbocycles. The molecule has 0 radical (unpaired) electrons. The van der Waals surface area contributed by atoms with Crippen LogP contribution >= 0.6 is 23.4 Å². The number of ether oxygens (including phenoxy) is 1. The number of methoxy groups -OCH3 is 1. The van der Waals surface area contributed by atoms with Gasteiger partial charge in [0.1, 0.15) is 5.75 Å². The van der Waals surface area contributed by atoms with Gasteiger partial charge in [-0.2, -0.15) is 0 Å². The molecule has 1 unspecified atom stereocenters. The van der Waals surface area contributed by atoms with Crippen molar-refractivity contribution in [3.05, 3.63) is 100 Å². The topological polar surface area (TPSA) is 40.6 Å². The Morgan fingerprint density at radius 1 is 1.03 bits per heavy atom. The molecule has 1 aliphatic heterocycles. The van der Waals surface area contributed by atoms with Crippen molar-refractivity contribution in [2.45, 2.75) is 56.4 Å². The highest BCUT2D eigenvalue weighted by atomic mass is 35.5. The fourth-order valence-electron chi connectivity index (χ4n) is 5.88. The third kappa shape index (κ3) is 5.32. The summed E-state index contributed by atoms with van der Waals surface area (Å²) in [5, 5.41) is 3.16. The van der Waals surface area contributed by atoms with Gasteiger partial charge in [0.25, 0.3) is 0 Å². The summed E-state index contributed by atoms with van der Waals surface area (Å²) in [6, 6.07) is 25.9. The Morgan fingerprint density at radius 2 is 1.82 bits per heavy atom. The van der Waals surface area contributed by atoms with Crippen LogP contribution in [-0.2, 0) is 12.2 Å². The van der Waals surface area contributed by atoms with E-state index in [1.165, 1.54) is 59.9 Å². The van der Waals surface area contributed by atoms with E-state index >= 15 is 0 Å². The highest BCUT2D eigenvalue weighted by Crippen LogP contribution is 2.41. The number of hydrogen-bond acceptors (Lipinski definition) is 3. The van der Waals surface area contributed by atoms with E-state index in [9.17, 15) is 0 Å². The predicted molar refractivity (Wildman–Crippen MR) is 161 cm³/mol. The number of nitrogens with one attached hydrogen (secondary N) is 1. The second-order valence-corrected chi connectivity index (χ2v) is 11.7. The van der Waals surface area contributed by atoms with Crippen LogP contribution in [-0.4, -0.2) is 34.7 Å². The quantitative estimate of drug-likeness (QED) is 0.203. The van der Waals surface area contributed by atoms with Crippen LogP contribution in [0.25, 0.3) is 10.9 Å². The van der Waals surface area contributed by atoms with E-state index in [0.717, 1.165) is 40.2 Å². The van der Waals surface area contributed by atoms with E-state index in [2.05, 4.69) is 76.6 Å². The number of rotatable bonds is 5. The summed E-state index contributed by atoms with van der Waals surface area (Å²) in [5.41, 5.74) is 6.32. The number of nitrogens with zero attached hydrogens (tertiary/aromatic N) is 2. The Bertz CT molecular complexity index is 1410. The summed E-state index contributed by atoms with van der Waals surface area (Å²) < 4.78 is 5.49. The summed E-state index contributed by atoms with van der Waals surface area (Å²) in [5.74, 6) is 1.78. The summed E-state index contributed by atoms with van der Waals surface area (Å²) in [6.45, 7) is 0.913. The van der Waals surface area contributed by atoms with Gasteiger partial charge in [0.15, 0.2) is 5.17 Å². The first-order valence-corrected chi connectivity index (χ1v) is 15.0. The number of aliphatic imine (C=N–C) groups is 1. The van der Waals surface area contributed by atoms with Gasteiger partial charge >= 0.3 is 0 Å². The summed E-state index contributed by atoms with van der Waals surface area (Å²) in [7, 11) is 1.72. The maximum atomic E-state index is 6.43. The van der Waals surface area contributed by atoms with Gasteiger partial charge in [-0.3, -0.25) is 4.99 Å². The highest BCUT2D eigenvalue weighted by molar-refractivity contribution is 8.13. The van der Waals surface area contributed by atoms with Crippen molar-refractivity contribution in [3.63, 3.8) is 0 Å². The lowest BCUT2D eigenvalue weighted by Crippen LogP contribution is -2.40. The van der Waals surface area contributed by atoms with Gasteiger partial charge in [-0.05, 0) is 66.3 Å². The predicted octanol–water partition coefficient (Wildman–Crippen LogP) is 8.40. The van der Waals surface area contributed by atoms with Crippen molar-refractivity contribution in [2.24, 2.45) is 4.99 Å². The van der Waals surface area contributed by atoms with E-state index in [-0.39, 0.29) is 6.04 Å². The average molecular weight is 544 g/mol. The number of aromatic amines is 1. The smallest absolute Gasteiger partial charge is 0.160 e. The molecule has 0 amide bonds. The van der Waals surface area contributed by atoms with Crippen LogP contribution in [0.5, 0.6) is 5.75 Å². The molecule has 38 heavy (non-hydrogen) atoms. The van der Waals surface area contributed by atoms with Gasteiger partial charge < -0.3 is 14.6 Å². The van der Waals surface area contributed by atoms with Crippen molar-refractivity contribution in [3.8, 4) is 5.75 Å². The van der Waals surface area contributed by atoms with Crippen LogP contribution in [0, 0.1) is 0 Å². The fourth-order valence-corrected chi connectivity index (χ4v) is 7.13. The number of aromatic nitrogens is 1. The van der Waals surface area contributed by atoms with Gasteiger partial charge in [-0.15, -0.1) is 0 Å². The standard InChI is InChI=1S/C32H34ClN3OS/c1-37-26-15-12-23(13-16-26)31-30-27(28-20-24(33)14-17-29(28)35-30)18-19-36(31)32(34-25-10-6-3-7-11-25)38-21-22-8-4-2-5-9-22/h2,4-5,8-9,12-17,20,25,31,35H,3,6-7,10-11,18-19,21H2,1H3/b34-32+. The van der Waals surface area contributed by atoms with E-state index in [0.29, 0.717) is 6.04 Å².